The van der Waals surface area contributed by atoms with Crippen molar-refractivity contribution < 1.29 is 13.9 Å². The summed E-state index contributed by atoms with van der Waals surface area (Å²) in [5.41, 5.74) is 0.188. The van der Waals surface area contributed by atoms with Crippen molar-refractivity contribution in [2.24, 2.45) is 0 Å². The molecule has 0 saturated heterocycles. The summed E-state index contributed by atoms with van der Waals surface area (Å²) in [5, 5.41) is 8.78. The van der Waals surface area contributed by atoms with Gasteiger partial charge in [-0.2, -0.15) is 0 Å². The molecule has 0 aliphatic heterocycles. The lowest BCUT2D eigenvalue weighted by Gasteiger charge is -2.24. The monoisotopic (exact) mass is 215 g/mol. The third kappa shape index (κ3) is 2.45. The summed E-state index contributed by atoms with van der Waals surface area (Å²) in [7, 11) is 1.63. The zero-order valence-electron chi connectivity index (χ0n) is 9.09. The Balaban J connectivity index is 3.19. The van der Waals surface area contributed by atoms with Gasteiger partial charge in [0.15, 0.2) is 0 Å². The number of halogens is 2. The minimum atomic E-state index is -0.643. The van der Waals surface area contributed by atoms with Crippen molar-refractivity contribution in [1.29, 1.82) is 0 Å². The fourth-order valence-corrected chi connectivity index (χ4v) is 1.30. The molecule has 0 radical (unpaired) electrons. The third-order valence-corrected chi connectivity index (χ3v) is 2.39. The molecular weight excluding hydrogens is 200 g/mol. The normalized spacial score (nSPS) is 10.9. The maximum absolute atomic E-state index is 13.5. The van der Waals surface area contributed by atoms with E-state index < -0.39 is 11.6 Å². The highest BCUT2D eigenvalue weighted by atomic mass is 19.1. The first-order chi connectivity index (χ1) is 6.97. The van der Waals surface area contributed by atoms with Crippen molar-refractivity contribution in [3.8, 4) is 0 Å². The summed E-state index contributed by atoms with van der Waals surface area (Å²) in [4.78, 5) is 1.52. The Labute approximate surface area is 88.1 Å². The molecule has 0 aliphatic carbocycles. The number of anilines is 1. The van der Waals surface area contributed by atoms with Crippen LogP contribution in [0.1, 0.15) is 19.4 Å². The average molecular weight is 215 g/mol. The molecule has 0 saturated carbocycles. The molecule has 1 aromatic carbocycles. The Hall–Kier alpha value is -1.16. The van der Waals surface area contributed by atoms with Gasteiger partial charge in [-0.1, -0.05) is 0 Å². The van der Waals surface area contributed by atoms with Gasteiger partial charge in [0.1, 0.15) is 17.3 Å². The second-order valence-electron chi connectivity index (χ2n) is 3.77. The van der Waals surface area contributed by atoms with Crippen molar-refractivity contribution >= 4 is 5.69 Å². The van der Waals surface area contributed by atoms with Crippen LogP contribution in [0.15, 0.2) is 12.1 Å². The molecule has 15 heavy (non-hydrogen) atoms. The second kappa shape index (κ2) is 4.57. The lowest BCUT2D eigenvalue weighted by atomic mass is 10.1. The highest BCUT2D eigenvalue weighted by Gasteiger charge is 2.16. The van der Waals surface area contributed by atoms with E-state index >= 15 is 0 Å². The molecule has 0 unspecified atom stereocenters. The fraction of sp³-hybridized carbons (Fsp3) is 0.455. The van der Waals surface area contributed by atoms with Crippen LogP contribution >= 0.6 is 0 Å². The first-order valence-corrected chi connectivity index (χ1v) is 4.79. The predicted molar refractivity (Wildman–Crippen MR) is 55.8 cm³/mol. The van der Waals surface area contributed by atoms with Crippen LogP contribution in [0.2, 0.25) is 0 Å². The van der Waals surface area contributed by atoms with E-state index in [0.717, 1.165) is 12.1 Å². The zero-order valence-corrected chi connectivity index (χ0v) is 9.09. The molecule has 2 nitrogen and oxygen atoms in total. The van der Waals surface area contributed by atoms with Gasteiger partial charge in [-0.15, -0.1) is 0 Å². The van der Waals surface area contributed by atoms with E-state index in [1.807, 2.05) is 13.8 Å². The largest absolute Gasteiger partial charge is 0.392 e. The van der Waals surface area contributed by atoms with Gasteiger partial charge in [-0.05, 0) is 31.5 Å². The van der Waals surface area contributed by atoms with Gasteiger partial charge in [0.25, 0.3) is 0 Å². The van der Waals surface area contributed by atoms with Gasteiger partial charge in [0.2, 0.25) is 0 Å². The number of aliphatic hydroxyl groups is 1. The maximum atomic E-state index is 13.5. The first-order valence-electron chi connectivity index (χ1n) is 4.79. The summed E-state index contributed by atoms with van der Waals surface area (Å²) >= 11 is 0. The molecule has 4 heteroatoms. The van der Waals surface area contributed by atoms with Crippen LogP contribution in [0.4, 0.5) is 14.5 Å². The first kappa shape index (κ1) is 11.9. The SMILES string of the molecule is CC(C)N(C)c1c(F)cc(CO)cc1F. The standard InChI is InChI=1S/C11H15F2NO/c1-7(2)14(3)11-9(12)4-8(6-15)5-10(11)13/h4-5,7,15H,6H2,1-3H3. The third-order valence-electron chi connectivity index (χ3n) is 2.39. The van der Waals surface area contributed by atoms with Crippen molar-refractivity contribution in [2.45, 2.75) is 26.5 Å². The summed E-state index contributed by atoms with van der Waals surface area (Å²) in [5.74, 6) is -1.29. The Morgan fingerprint density at radius 2 is 1.73 bits per heavy atom. The van der Waals surface area contributed by atoms with Crippen LogP contribution in [0, 0.1) is 11.6 Å². The van der Waals surface area contributed by atoms with E-state index in [-0.39, 0.29) is 23.9 Å². The van der Waals surface area contributed by atoms with Gasteiger partial charge >= 0.3 is 0 Å². The number of hydrogen-bond acceptors (Lipinski definition) is 2. The lowest BCUT2D eigenvalue weighted by Crippen LogP contribution is -2.27. The van der Waals surface area contributed by atoms with Gasteiger partial charge in [0.05, 0.1) is 6.61 Å². The molecule has 0 amide bonds. The Kier molecular flexibility index (Phi) is 3.63. The Morgan fingerprint density at radius 3 is 2.07 bits per heavy atom. The van der Waals surface area contributed by atoms with Crippen LogP contribution in [-0.2, 0) is 6.61 Å². The molecule has 0 aromatic heterocycles. The topological polar surface area (TPSA) is 23.5 Å². The summed E-state index contributed by atoms with van der Waals surface area (Å²) < 4.78 is 27.0. The van der Waals surface area contributed by atoms with E-state index in [1.165, 1.54) is 4.90 Å². The summed E-state index contributed by atoms with van der Waals surface area (Å²) in [6.07, 6.45) is 0. The lowest BCUT2D eigenvalue weighted by molar-refractivity contribution is 0.280. The summed E-state index contributed by atoms with van der Waals surface area (Å²) in [6.45, 7) is 3.33. The second-order valence-corrected chi connectivity index (χ2v) is 3.77. The smallest absolute Gasteiger partial charge is 0.149 e. The van der Waals surface area contributed by atoms with E-state index in [9.17, 15) is 8.78 Å². The van der Waals surface area contributed by atoms with Gasteiger partial charge in [0, 0.05) is 13.1 Å². The van der Waals surface area contributed by atoms with Crippen LogP contribution in [0.5, 0.6) is 0 Å². The van der Waals surface area contributed by atoms with Crippen LogP contribution in [0.25, 0.3) is 0 Å². The van der Waals surface area contributed by atoms with E-state index in [0.29, 0.717) is 0 Å². The van der Waals surface area contributed by atoms with Crippen LogP contribution < -0.4 is 4.90 Å². The molecular formula is C11H15F2NO. The van der Waals surface area contributed by atoms with Crippen molar-refractivity contribution in [3.63, 3.8) is 0 Å². The molecule has 1 N–H and O–H groups in total. The van der Waals surface area contributed by atoms with Gasteiger partial charge < -0.3 is 10.0 Å². The molecule has 0 atom stereocenters. The zero-order chi connectivity index (χ0) is 11.6. The highest BCUT2D eigenvalue weighted by molar-refractivity contribution is 5.50. The predicted octanol–water partition coefficient (Wildman–Crippen LogP) is 2.30. The average Bonchev–Trinajstić information content (AvgIpc) is 2.16. The molecule has 1 rings (SSSR count). The van der Waals surface area contributed by atoms with Gasteiger partial charge in [-0.3, -0.25) is 0 Å². The minimum Gasteiger partial charge on any atom is -0.392 e. The van der Waals surface area contributed by atoms with Crippen LogP contribution in [-0.4, -0.2) is 18.2 Å². The number of benzene rings is 1. The minimum absolute atomic E-state index is 0.00831. The van der Waals surface area contributed by atoms with Gasteiger partial charge in [-0.25, -0.2) is 8.78 Å². The Bertz CT molecular complexity index is 329. The van der Waals surface area contributed by atoms with E-state index in [1.54, 1.807) is 7.05 Å². The van der Waals surface area contributed by atoms with Crippen LogP contribution in [0.3, 0.4) is 0 Å². The molecule has 0 spiro atoms. The Morgan fingerprint density at radius 1 is 1.27 bits per heavy atom. The molecule has 84 valence electrons. The highest BCUT2D eigenvalue weighted by Crippen LogP contribution is 2.25. The van der Waals surface area contributed by atoms with E-state index in [2.05, 4.69) is 0 Å². The number of aliphatic hydroxyl groups excluding tert-OH is 1. The quantitative estimate of drug-likeness (QED) is 0.836. The number of hydrogen-bond donors (Lipinski definition) is 1. The van der Waals surface area contributed by atoms with Crippen molar-refractivity contribution in [2.75, 3.05) is 11.9 Å². The number of rotatable bonds is 3. The van der Waals surface area contributed by atoms with Crippen molar-refractivity contribution in [3.05, 3.63) is 29.3 Å². The number of nitrogens with zero attached hydrogens (tertiary/aromatic N) is 1. The molecule has 0 bridgehead atoms. The molecule has 0 heterocycles. The van der Waals surface area contributed by atoms with Crippen molar-refractivity contribution in [1.82, 2.24) is 0 Å². The molecule has 0 aliphatic rings. The maximum Gasteiger partial charge on any atom is 0.149 e. The fourth-order valence-electron chi connectivity index (χ4n) is 1.30. The molecule has 1 aromatic rings. The van der Waals surface area contributed by atoms with E-state index in [4.69, 9.17) is 5.11 Å². The molecule has 0 fully saturated rings. The summed E-state index contributed by atoms with van der Waals surface area (Å²) in [6, 6.07) is 2.31.